The van der Waals surface area contributed by atoms with Gasteiger partial charge in [0.05, 0.1) is 0 Å². The van der Waals surface area contributed by atoms with Gasteiger partial charge in [-0.25, -0.2) is 0 Å². The first-order valence-electron chi connectivity index (χ1n) is 0.730. The second-order valence-electron chi connectivity index (χ2n) is 0.447. The average molecular weight is 374 g/mol. The molecule has 0 aromatic carbocycles. The van der Waals surface area contributed by atoms with E-state index in [0.717, 1.165) is 0 Å². The van der Waals surface area contributed by atoms with Crippen molar-refractivity contribution in [2.45, 2.75) is 0 Å². The van der Waals surface area contributed by atoms with Gasteiger partial charge in [0.2, 0.25) is 0 Å². The Morgan fingerprint density at radius 3 is 0.471 bits per heavy atom. The third-order valence-electron chi connectivity index (χ3n) is 0. The predicted molar refractivity (Wildman–Crippen MR) is 40.1 cm³/mol. The van der Waals surface area contributed by atoms with Crippen LogP contribution in [0.1, 0.15) is 0 Å². The van der Waals surface area contributed by atoms with Crippen LogP contribution in [-0.2, 0) is 4.57 Å². The van der Waals surface area contributed by atoms with E-state index in [0.29, 0.717) is 0 Å². The molecule has 0 amide bonds. The first kappa shape index (κ1) is 123. The Morgan fingerprint density at radius 1 is 0.471 bits per heavy atom. The van der Waals surface area contributed by atoms with Gasteiger partial charge in [-0.2, -0.15) is 7.82 Å². The molecule has 0 aromatic heterocycles. The van der Waals surface area contributed by atoms with Crippen molar-refractivity contribution in [3.05, 3.63) is 0 Å². The molecule has 0 radical (unpaired) electrons. The summed E-state index contributed by atoms with van der Waals surface area (Å²) in [5, 5.41) is 0. The van der Waals surface area contributed by atoms with Gasteiger partial charge >= 0.3 is 154 Å². The Bertz CT molecular complexity index is 62.8. The maximum absolute atomic E-state index is 8.55. The molecule has 0 aromatic rings. The molecule has 0 saturated carbocycles. The fraction of sp³-hybridized carbons (Fsp3) is 0. The van der Waals surface area contributed by atoms with Crippen LogP contribution in [-0.4, -0.2) is 49.3 Å². The van der Waals surface area contributed by atoms with Gasteiger partial charge < -0.3 is 68.5 Å². The average Bonchev–Trinajstić information content (AvgIpc) is 0.722. The minimum atomic E-state index is -5.39. The van der Waals surface area contributed by atoms with Crippen molar-refractivity contribution in [3.63, 3.8) is 0 Å². The Labute approximate surface area is 224 Å². The largest absolute Gasteiger partial charge is 1.00 e. The minimum Gasteiger partial charge on any atom is -0.822 e. The van der Waals surface area contributed by atoms with Gasteiger partial charge in [-0.3, -0.25) is 0 Å². The van der Waals surface area contributed by atoms with E-state index in [4.69, 9.17) is 19.2 Å². The van der Waals surface area contributed by atoms with E-state index in [-0.39, 0.29) is 203 Å². The fourth-order valence-electron chi connectivity index (χ4n) is 0. The first-order valence-corrected chi connectivity index (χ1v) is 2.19. The van der Waals surface area contributed by atoms with Crippen molar-refractivity contribution >= 4 is 7.82 Å². The van der Waals surface area contributed by atoms with E-state index in [9.17, 15) is 0 Å². The maximum Gasteiger partial charge on any atom is 1.00 e. The molecule has 17 heavy (non-hydrogen) atoms. The summed E-state index contributed by atoms with van der Waals surface area (Å²) in [6, 6.07) is 0. The molecule has 104 valence electrons. The molecule has 0 unspecified atom stereocenters. The Morgan fingerprint density at radius 2 is 0.471 bits per heavy atom. The van der Waals surface area contributed by atoms with Crippen LogP contribution in [0.5, 0.6) is 0 Å². The zero-order valence-electron chi connectivity index (χ0n) is 9.58. The van der Waals surface area contributed by atoms with Crippen molar-refractivity contribution in [3.8, 4) is 0 Å². The molecule has 13 nitrogen and oxygen atoms in total. The van der Waals surface area contributed by atoms with Gasteiger partial charge in [0.1, 0.15) is 0 Å². The van der Waals surface area contributed by atoms with Gasteiger partial charge in [-0.1, -0.05) is 0 Å². The fourth-order valence-corrected chi connectivity index (χ4v) is 0. The number of rotatable bonds is 0. The van der Waals surface area contributed by atoms with E-state index < -0.39 is 7.82 Å². The number of phosphoric acid groups is 1. The van der Waals surface area contributed by atoms with Crippen LogP contribution in [0.4, 0.5) is 0 Å². The standard InChI is InChI=1S/3K.H3O4P.9H2O/c;;;1-5(2,3)4;;;;;;;;;/h;;;(H3,1,2,3,4);9*1H2/q3*+1;;;;;;;;;;/p-3. The van der Waals surface area contributed by atoms with Crippen molar-refractivity contribution in [2.24, 2.45) is 0 Å². The molecular formula is H18K3O13P. The molecular weight excluding hydrogens is 356 g/mol. The van der Waals surface area contributed by atoms with Crippen molar-refractivity contribution in [1.29, 1.82) is 0 Å². The molecule has 0 rings (SSSR count). The zero-order valence-corrected chi connectivity index (χ0v) is 19.8. The van der Waals surface area contributed by atoms with Crippen LogP contribution in [0.15, 0.2) is 0 Å². The Hall–Kier alpha value is 4.66. The van der Waals surface area contributed by atoms with E-state index in [1.807, 2.05) is 0 Å². The summed E-state index contributed by atoms with van der Waals surface area (Å²) in [5.74, 6) is 0. The van der Waals surface area contributed by atoms with Crippen molar-refractivity contribution < 1.29 is 223 Å². The molecule has 18 N–H and O–H groups in total. The minimum absolute atomic E-state index is 0. The van der Waals surface area contributed by atoms with Crippen LogP contribution in [0.3, 0.4) is 0 Å². The smallest absolute Gasteiger partial charge is 0.822 e. The third-order valence-corrected chi connectivity index (χ3v) is 0. The van der Waals surface area contributed by atoms with Crippen LogP contribution >= 0.6 is 7.82 Å². The molecule has 0 fully saturated rings. The zero-order chi connectivity index (χ0) is 4.50. The van der Waals surface area contributed by atoms with Crippen molar-refractivity contribution in [2.75, 3.05) is 0 Å². The Kier molecular flexibility index (Phi) is 510. The monoisotopic (exact) mass is 374 g/mol. The topological polar surface area (TPSA) is 370 Å². The molecule has 0 heterocycles. The summed E-state index contributed by atoms with van der Waals surface area (Å²) in [6.07, 6.45) is 0. The molecule has 0 bridgehead atoms. The van der Waals surface area contributed by atoms with E-state index >= 15 is 0 Å². The first-order chi connectivity index (χ1) is 2.00. The summed E-state index contributed by atoms with van der Waals surface area (Å²) in [6.45, 7) is 0. The van der Waals surface area contributed by atoms with Crippen LogP contribution in [0.2, 0.25) is 0 Å². The number of hydrogen-bond donors (Lipinski definition) is 0. The van der Waals surface area contributed by atoms with Crippen LogP contribution in [0.25, 0.3) is 0 Å². The van der Waals surface area contributed by atoms with Crippen LogP contribution in [0, 0.1) is 0 Å². The molecule has 0 aliphatic carbocycles. The predicted octanol–water partition coefficient (Wildman–Crippen LogP) is -19.2. The van der Waals surface area contributed by atoms with E-state index in [2.05, 4.69) is 0 Å². The molecule has 0 atom stereocenters. The quantitative estimate of drug-likeness (QED) is 0.294. The SMILES string of the molecule is O.O.O.O.O.O.O.O.O.O=P([O-])([O-])[O-].[K+].[K+].[K+]. The molecule has 0 aliphatic rings. The normalized spacial score (nSPS) is 3.47. The third kappa shape index (κ3) is 331. The summed E-state index contributed by atoms with van der Waals surface area (Å²) < 4.78 is 8.55. The van der Waals surface area contributed by atoms with Gasteiger partial charge in [-0.05, 0) is 0 Å². The van der Waals surface area contributed by atoms with Gasteiger partial charge in [0, 0.05) is 0 Å². The summed E-state index contributed by atoms with van der Waals surface area (Å²) in [5.41, 5.74) is 0. The molecule has 0 aliphatic heterocycles. The summed E-state index contributed by atoms with van der Waals surface area (Å²) in [4.78, 5) is 25.6. The molecule has 0 spiro atoms. The second kappa shape index (κ2) is 70.3. The van der Waals surface area contributed by atoms with E-state index in [1.54, 1.807) is 0 Å². The van der Waals surface area contributed by atoms with E-state index in [1.165, 1.54) is 0 Å². The second-order valence-corrected chi connectivity index (χ2v) is 1.34. The van der Waals surface area contributed by atoms with Gasteiger partial charge in [0.25, 0.3) is 0 Å². The van der Waals surface area contributed by atoms with Crippen LogP contribution < -0.4 is 169 Å². The van der Waals surface area contributed by atoms with Crippen molar-refractivity contribution in [1.82, 2.24) is 0 Å². The maximum atomic E-state index is 8.55. The summed E-state index contributed by atoms with van der Waals surface area (Å²) >= 11 is 0. The number of hydrogen-bond acceptors (Lipinski definition) is 4. The summed E-state index contributed by atoms with van der Waals surface area (Å²) in [7, 11) is -5.39. The molecule has 17 heteroatoms. The Balaban J connectivity index is -0.00000000121. The van der Waals surface area contributed by atoms with Gasteiger partial charge in [0.15, 0.2) is 0 Å². The molecule has 0 saturated heterocycles. The van der Waals surface area contributed by atoms with Gasteiger partial charge in [-0.15, -0.1) is 0 Å².